The van der Waals surface area contributed by atoms with Crippen LogP contribution in [0.1, 0.15) is 12.6 Å². The number of carbonyl (C=O) groups excluding carboxylic acids is 1. The highest BCUT2D eigenvalue weighted by Crippen LogP contribution is 2.32. The Balaban J connectivity index is 1.59. The lowest BCUT2D eigenvalue weighted by Gasteiger charge is -2.03. The number of benzene rings is 2. The van der Waals surface area contributed by atoms with Gasteiger partial charge in [-0.15, -0.1) is 0 Å². The Kier molecular flexibility index (Phi) is 4.83. The topological polar surface area (TPSA) is 68.9 Å². The van der Waals surface area contributed by atoms with Crippen LogP contribution in [-0.2, 0) is 17.9 Å². The van der Waals surface area contributed by atoms with E-state index in [1.807, 2.05) is 68.4 Å². The van der Waals surface area contributed by atoms with Gasteiger partial charge in [0.1, 0.15) is 6.54 Å². The van der Waals surface area contributed by atoms with Crippen molar-refractivity contribution >= 4 is 33.4 Å². The molecule has 0 spiro atoms. The van der Waals surface area contributed by atoms with E-state index in [-0.39, 0.29) is 18.1 Å². The molecule has 0 aliphatic carbocycles. The van der Waals surface area contributed by atoms with E-state index in [0.29, 0.717) is 11.7 Å². The lowest BCUT2D eigenvalue weighted by atomic mass is 10.2. The van der Waals surface area contributed by atoms with E-state index in [0.717, 1.165) is 27.2 Å². The highest BCUT2D eigenvalue weighted by Gasteiger charge is 2.16. The minimum Gasteiger partial charge on any atom is -0.300 e. The average molecular weight is 392 g/mol. The van der Waals surface area contributed by atoms with Gasteiger partial charge in [-0.1, -0.05) is 53.8 Å². The molecule has 4 rings (SSSR count). The number of imidazole rings is 1. The van der Waals surface area contributed by atoms with E-state index in [1.165, 1.54) is 15.9 Å². The van der Waals surface area contributed by atoms with E-state index < -0.39 is 0 Å². The molecular weight excluding hydrogens is 372 g/mol. The molecule has 0 fully saturated rings. The molecule has 4 aromatic rings. The molecule has 2 aromatic carbocycles. The lowest BCUT2D eigenvalue weighted by molar-refractivity contribution is -0.116. The van der Waals surface area contributed by atoms with Crippen LogP contribution in [0, 0.1) is 6.92 Å². The summed E-state index contributed by atoms with van der Waals surface area (Å²) < 4.78 is 3.18. The number of nitrogens with zero attached hydrogens (tertiary/aromatic N) is 3. The summed E-state index contributed by atoms with van der Waals surface area (Å²) in [7, 11) is 0. The minimum absolute atomic E-state index is 0.0500. The molecule has 0 radical (unpaired) electrons. The molecule has 0 atom stereocenters. The van der Waals surface area contributed by atoms with Crippen LogP contribution in [0.15, 0.2) is 59.4 Å². The highest BCUT2D eigenvalue weighted by atomic mass is 32.1. The normalized spacial score (nSPS) is 11.1. The maximum Gasteiger partial charge on any atom is 0.329 e. The van der Waals surface area contributed by atoms with Crippen molar-refractivity contribution in [2.24, 2.45) is 0 Å². The molecule has 7 heteroatoms. The number of para-hydroxylation sites is 2. The van der Waals surface area contributed by atoms with Crippen molar-refractivity contribution in [2.45, 2.75) is 26.9 Å². The second kappa shape index (κ2) is 7.44. The van der Waals surface area contributed by atoms with Crippen LogP contribution in [0.2, 0.25) is 0 Å². The summed E-state index contributed by atoms with van der Waals surface area (Å²) in [5.74, 6) is -0.269. The molecule has 2 heterocycles. The Bertz CT molecular complexity index is 1200. The quantitative estimate of drug-likeness (QED) is 0.560. The zero-order chi connectivity index (χ0) is 19.7. The number of carbonyl (C=O) groups is 1. The third-order valence-electron chi connectivity index (χ3n) is 4.62. The first kappa shape index (κ1) is 18.2. The smallest absolute Gasteiger partial charge is 0.300 e. The summed E-state index contributed by atoms with van der Waals surface area (Å²) >= 11 is 1.43. The Morgan fingerprint density at radius 3 is 2.36 bits per heavy atom. The van der Waals surface area contributed by atoms with Crippen molar-refractivity contribution in [2.75, 3.05) is 5.32 Å². The van der Waals surface area contributed by atoms with E-state index in [1.54, 1.807) is 4.57 Å². The van der Waals surface area contributed by atoms with Crippen LogP contribution in [0.5, 0.6) is 0 Å². The van der Waals surface area contributed by atoms with Gasteiger partial charge in [0.2, 0.25) is 5.91 Å². The first-order valence-electron chi connectivity index (χ1n) is 9.09. The number of anilines is 1. The SMILES string of the molecule is CCn1c(=O)n(CC(=O)Nc2nc(C)c(-c3ccccc3)s2)c2ccccc21. The van der Waals surface area contributed by atoms with Crippen LogP contribution >= 0.6 is 11.3 Å². The summed E-state index contributed by atoms with van der Waals surface area (Å²) in [6.07, 6.45) is 0. The molecule has 0 saturated carbocycles. The number of fused-ring (bicyclic) bond motifs is 1. The molecule has 6 nitrogen and oxygen atoms in total. The van der Waals surface area contributed by atoms with Gasteiger partial charge in [-0.2, -0.15) is 0 Å². The van der Waals surface area contributed by atoms with Gasteiger partial charge < -0.3 is 5.32 Å². The van der Waals surface area contributed by atoms with Gasteiger partial charge >= 0.3 is 5.69 Å². The number of hydrogen-bond acceptors (Lipinski definition) is 4. The maximum absolute atomic E-state index is 12.7. The zero-order valence-corrected chi connectivity index (χ0v) is 16.5. The summed E-state index contributed by atoms with van der Waals surface area (Å²) in [4.78, 5) is 30.8. The van der Waals surface area contributed by atoms with Crippen LogP contribution in [-0.4, -0.2) is 20.0 Å². The van der Waals surface area contributed by atoms with Crippen molar-refractivity contribution in [3.05, 3.63) is 70.8 Å². The Labute approximate surface area is 166 Å². The van der Waals surface area contributed by atoms with Crippen LogP contribution in [0.3, 0.4) is 0 Å². The summed E-state index contributed by atoms with van der Waals surface area (Å²) in [6.45, 7) is 4.35. The molecule has 28 heavy (non-hydrogen) atoms. The standard InChI is InChI=1S/C21H20N4O2S/c1-3-24-16-11-7-8-12-17(16)25(21(24)27)13-18(26)23-20-22-14(2)19(28-20)15-9-5-4-6-10-15/h4-12H,3,13H2,1-2H3,(H,22,23,26). The molecule has 1 N–H and O–H groups in total. The number of aromatic nitrogens is 3. The summed E-state index contributed by atoms with van der Waals surface area (Å²) in [5, 5.41) is 3.38. The summed E-state index contributed by atoms with van der Waals surface area (Å²) in [5.41, 5.74) is 3.34. The molecule has 2 aromatic heterocycles. The number of rotatable bonds is 5. The second-order valence-electron chi connectivity index (χ2n) is 6.45. The molecule has 0 aliphatic rings. The number of amides is 1. The second-order valence-corrected chi connectivity index (χ2v) is 7.45. The van der Waals surface area contributed by atoms with Crippen LogP contribution < -0.4 is 11.0 Å². The average Bonchev–Trinajstić information content (AvgIpc) is 3.19. The number of nitrogens with one attached hydrogen (secondary N) is 1. The predicted octanol–water partition coefficient (Wildman–Crippen LogP) is 3.89. The van der Waals surface area contributed by atoms with Crippen molar-refractivity contribution < 1.29 is 4.79 Å². The minimum atomic E-state index is -0.269. The largest absolute Gasteiger partial charge is 0.329 e. The van der Waals surface area contributed by atoms with Gasteiger partial charge in [0.05, 0.1) is 21.6 Å². The van der Waals surface area contributed by atoms with Crippen LogP contribution in [0.25, 0.3) is 21.5 Å². The van der Waals surface area contributed by atoms with E-state index in [2.05, 4.69) is 10.3 Å². The Morgan fingerprint density at radius 2 is 1.68 bits per heavy atom. The fourth-order valence-corrected chi connectivity index (χ4v) is 4.33. The Morgan fingerprint density at radius 1 is 1.04 bits per heavy atom. The molecule has 0 aliphatic heterocycles. The third kappa shape index (κ3) is 3.25. The Hall–Kier alpha value is -3.19. The third-order valence-corrected chi connectivity index (χ3v) is 5.74. The monoisotopic (exact) mass is 392 g/mol. The van der Waals surface area contributed by atoms with Crippen molar-refractivity contribution in [1.82, 2.24) is 14.1 Å². The number of thiazole rings is 1. The highest BCUT2D eigenvalue weighted by molar-refractivity contribution is 7.19. The zero-order valence-electron chi connectivity index (χ0n) is 15.7. The molecular formula is C21H20N4O2S. The first-order chi connectivity index (χ1) is 13.6. The molecule has 1 amide bonds. The van der Waals surface area contributed by atoms with Crippen molar-refractivity contribution in [1.29, 1.82) is 0 Å². The molecule has 0 unspecified atom stereocenters. The van der Waals surface area contributed by atoms with Gasteiger partial charge in [-0.05, 0) is 31.5 Å². The van der Waals surface area contributed by atoms with Gasteiger partial charge in [-0.3, -0.25) is 13.9 Å². The maximum atomic E-state index is 12.7. The van der Waals surface area contributed by atoms with Gasteiger partial charge in [0, 0.05) is 6.54 Å². The molecule has 142 valence electrons. The van der Waals surface area contributed by atoms with Gasteiger partial charge in [0.15, 0.2) is 5.13 Å². The molecule has 0 saturated heterocycles. The fourth-order valence-electron chi connectivity index (χ4n) is 3.34. The van der Waals surface area contributed by atoms with E-state index in [9.17, 15) is 9.59 Å². The van der Waals surface area contributed by atoms with Crippen molar-refractivity contribution in [3.63, 3.8) is 0 Å². The van der Waals surface area contributed by atoms with Gasteiger partial charge in [-0.25, -0.2) is 9.78 Å². The van der Waals surface area contributed by atoms with E-state index >= 15 is 0 Å². The predicted molar refractivity (Wildman–Crippen MR) is 113 cm³/mol. The van der Waals surface area contributed by atoms with Crippen molar-refractivity contribution in [3.8, 4) is 10.4 Å². The molecule has 0 bridgehead atoms. The van der Waals surface area contributed by atoms with E-state index in [4.69, 9.17) is 0 Å². The van der Waals surface area contributed by atoms with Crippen LogP contribution in [0.4, 0.5) is 5.13 Å². The first-order valence-corrected chi connectivity index (χ1v) is 9.91. The fraction of sp³-hybridized carbons (Fsp3) is 0.190. The lowest BCUT2D eigenvalue weighted by Crippen LogP contribution is -2.29. The summed E-state index contributed by atoms with van der Waals surface area (Å²) in [6, 6.07) is 17.5. The van der Waals surface area contributed by atoms with Gasteiger partial charge in [0.25, 0.3) is 0 Å². The number of aryl methyl sites for hydroxylation is 2. The number of hydrogen-bond donors (Lipinski definition) is 1.